The van der Waals surface area contributed by atoms with Crippen LogP contribution in [0.4, 0.5) is 0 Å². The van der Waals surface area contributed by atoms with Crippen LogP contribution in [0, 0.1) is 11.5 Å². The number of hydrogen-bond donors (Lipinski definition) is 1. The van der Waals surface area contributed by atoms with Crippen LogP contribution in [0.1, 0.15) is 27.7 Å². The van der Waals surface area contributed by atoms with Crippen LogP contribution in [0.2, 0.25) is 5.04 Å². The molecule has 22 heavy (non-hydrogen) atoms. The normalized spacial score (nSPS) is 13.1. The Morgan fingerprint density at radius 1 is 0.864 bits per heavy atom. The Kier molecular flexibility index (Phi) is 4.90. The predicted molar refractivity (Wildman–Crippen MR) is 97.1 cm³/mol. The second-order valence-electron chi connectivity index (χ2n) is 6.68. The van der Waals surface area contributed by atoms with Crippen molar-refractivity contribution in [3.05, 3.63) is 60.7 Å². The highest BCUT2D eigenvalue weighted by Gasteiger charge is 2.46. The van der Waals surface area contributed by atoms with Crippen LogP contribution in [0.15, 0.2) is 60.7 Å². The van der Waals surface area contributed by atoms with E-state index in [9.17, 15) is 5.11 Å². The van der Waals surface area contributed by atoms with Gasteiger partial charge in [-0.15, -0.1) is 5.54 Å². The minimum absolute atomic E-state index is 0.0115. The summed E-state index contributed by atoms with van der Waals surface area (Å²) >= 11 is 0. The van der Waals surface area contributed by atoms with Crippen LogP contribution >= 0.6 is 0 Å². The highest BCUT2D eigenvalue weighted by molar-refractivity contribution is 7.10. The number of aliphatic hydroxyl groups excluding tert-OH is 1. The Bertz CT molecular complexity index is 618. The van der Waals surface area contributed by atoms with Crippen LogP contribution in [0.3, 0.4) is 0 Å². The van der Waals surface area contributed by atoms with E-state index in [1.54, 1.807) is 6.92 Å². The lowest BCUT2D eigenvalue weighted by atomic mass is 10.2. The second-order valence-corrected chi connectivity index (χ2v) is 11.1. The molecular weight excluding hydrogens is 284 g/mol. The molecule has 0 spiro atoms. The lowest BCUT2D eigenvalue weighted by Crippen LogP contribution is -2.63. The third kappa shape index (κ3) is 3.16. The lowest BCUT2D eigenvalue weighted by molar-refractivity contribution is 0.253. The maximum absolute atomic E-state index is 9.72. The summed E-state index contributed by atoms with van der Waals surface area (Å²) in [6, 6.07) is 21.1. The topological polar surface area (TPSA) is 20.2 Å². The van der Waals surface area contributed by atoms with Gasteiger partial charge in [-0.05, 0) is 22.3 Å². The summed E-state index contributed by atoms with van der Waals surface area (Å²) in [5, 5.41) is 12.3. The Morgan fingerprint density at radius 3 is 1.59 bits per heavy atom. The van der Waals surface area contributed by atoms with E-state index in [1.807, 2.05) is 12.1 Å². The highest BCUT2D eigenvalue weighted by Crippen LogP contribution is 2.35. The van der Waals surface area contributed by atoms with E-state index < -0.39 is 14.2 Å². The average molecular weight is 308 g/mol. The van der Waals surface area contributed by atoms with E-state index in [0.29, 0.717) is 0 Å². The van der Waals surface area contributed by atoms with Gasteiger partial charge in [-0.2, -0.15) is 0 Å². The van der Waals surface area contributed by atoms with Crippen molar-refractivity contribution in [2.45, 2.75) is 38.8 Å². The summed E-state index contributed by atoms with van der Waals surface area (Å²) in [4.78, 5) is 0. The van der Waals surface area contributed by atoms with Crippen molar-refractivity contribution in [3.63, 3.8) is 0 Å². The molecule has 2 aromatic rings. The molecule has 0 saturated carbocycles. The zero-order chi connectivity index (χ0) is 16.2. The molecule has 1 nitrogen and oxygen atoms in total. The molecule has 0 bridgehead atoms. The third-order valence-corrected chi connectivity index (χ3v) is 9.18. The fourth-order valence-corrected chi connectivity index (χ4v) is 7.49. The molecule has 2 aromatic carbocycles. The van der Waals surface area contributed by atoms with Gasteiger partial charge in [-0.25, -0.2) is 0 Å². The summed E-state index contributed by atoms with van der Waals surface area (Å²) in [7, 11) is -2.33. The molecule has 114 valence electrons. The third-order valence-electron chi connectivity index (χ3n) is 4.01. The fourth-order valence-electron chi connectivity index (χ4n) is 2.95. The first-order valence-corrected chi connectivity index (χ1v) is 9.70. The molecule has 0 saturated heterocycles. The Balaban J connectivity index is 2.80. The molecule has 0 heterocycles. The van der Waals surface area contributed by atoms with Gasteiger partial charge in [-0.3, -0.25) is 0 Å². The summed E-state index contributed by atoms with van der Waals surface area (Å²) in [5.74, 6) is 3.06. The van der Waals surface area contributed by atoms with Crippen LogP contribution < -0.4 is 10.4 Å². The van der Waals surface area contributed by atoms with Gasteiger partial charge in [0.25, 0.3) is 0 Å². The Labute approximate surface area is 135 Å². The number of aliphatic hydroxyl groups is 1. The minimum Gasteiger partial charge on any atom is -0.381 e. The zero-order valence-electron chi connectivity index (χ0n) is 13.8. The van der Waals surface area contributed by atoms with Gasteiger partial charge in [0.1, 0.15) is 6.10 Å². The van der Waals surface area contributed by atoms with Crippen LogP contribution in [0.25, 0.3) is 0 Å². The van der Waals surface area contributed by atoms with E-state index in [2.05, 4.69) is 80.8 Å². The largest absolute Gasteiger partial charge is 0.381 e. The van der Waals surface area contributed by atoms with E-state index in [4.69, 9.17) is 0 Å². The maximum Gasteiger partial charge on any atom is 0.204 e. The van der Waals surface area contributed by atoms with Crippen molar-refractivity contribution in [1.29, 1.82) is 0 Å². The summed E-state index contributed by atoms with van der Waals surface area (Å²) in [6.07, 6.45) is -0.610. The molecule has 1 N–H and O–H groups in total. The molecule has 1 atom stereocenters. The monoisotopic (exact) mass is 308 g/mol. The van der Waals surface area contributed by atoms with Crippen LogP contribution in [-0.4, -0.2) is 19.3 Å². The van der Waals surface area contributed by atoms with Gasteiger partial charge in [0, 0.05) is 0 Å². The molecule has 0 aromatic heterocycles. The van der Waals surface area contributed by atoms with Crippen LogP contribution in [-0.2, 0) is 0 Å². The summed E-state index contributed by atoms with van der Waals surface area (Å²) in [6.45, 7) is 8.51. The molecule has 0 radical (unpaired) electrons. The van der Waals surface area contributed by atoms with Crippen LogP contribution in [0.5, 0.6) is 0 Å². The van der Waals surface area contributed by atoms with Gasteiger partial charge in [0.15, 0.2) is 0 Å². The van der Waals surface area contributed by atoms with E-state index in [-0.39, 0.29) is 5.04 Å². The first-order chi connectivity index (χ1) is 10.4. The minimum atomic E-state index is -2.33. The molecule has 2 heteroatoms. The number of benzene rings is 2. The van der Waals surface area contributed by atoms with E-state index in [1.165, 1.54) is 10.4 Å². The molecule has 0 amide bonds. The van der Waals surface area contributed by atoms with Gasteiger partial charge in [-0.1, -0.05) is 87.4 Å². The fraction of sp³-hybridized carbons (Fsp3) is 0.300. The maximum atomic E-state index is 9.72. The standard InChI is InChI=1S/C20H24OSi/c1-17(21)15-16-22(20(2,3)4,18-11-7-5-8-12-18)19-13-9-6-10-14-19/h5-14,17,21H,1-4H3. The molecule has 0 fully saturated rings. The average Bonchev–Trinajstić information content (AvgIpc) is 2.48. The van der Waals surface area contributed by atoms with E-state index in [0.717, 1.165) is 0 Å². The number of hydrogen-bond acceptors (Lipinski definition) is 1. The predicted octanol–water partition coefficient (Wildman–Crippen LogP) is 2.97. The zero-order valence-corrected chi connectivity index (χ0v) is 14.8. The first-order valence-electron chi connectivity index (χ1n) is 7.70. The highest BCUT2D eigenvalue weighted by atomic mass is 28.3. The molecule has 0 aliphatic rings. The summed E-state index contributed by atoms with van der Waals surface area (Å²) in [5.41, 5.74) is 3.54. The number of rotatable bonds is 2. The molecular formula is C20H24OSi. The van der Waals surface area contributed by atoms with E-state index >= 15 is 0 Å². The van der Waals surface area contributed by atoms with Crippen molar-refractivity contribution in [1.82, 2.24) is 0 Å². The Morgan fingerprint density at radius 2 is 1.27 bits per heavy atom. The molecule has 2 rings (SSSR count). The Hall–Kier alpha value is -1.82. The second kappa shape index (κ2) is 6.52. The van der Waals surface area contributed by atoms with Gasteiger partial charge in [0.05, 0.1) is 0 Å². The SMILES string of the molecule is CC(O)C#C[Si](c1ccccc1)(c1ccccc1)C(C)(C)C. The quantitative estimate of drug-likeness (QED) is 0.668. The van der Waals surface area contributed by atoms with Crippen molar-refractivity contribution in [2.75, 3.05) is 0 Å². The van der Waals surface area contributed by atoms with Crippen molar-refractivity contribution < 1.29 is 5.11 Å². The van der Waals surface area contributed by atoms with Crippen molar-refractivity contribution >= 4 is 18.4 Å². The van der Waals surface area contributed by atoms with Crippen molar-refractivity contribution in [2.24, 2.45) is 0 Å². The molecule has 0 aliphatic carbocycles. The van der Waals surface area contributed by atoms with Gasteiger partial charge >= 0.3 is 0 Å². The first kappa shape index (κ1) is 16.5. The molecule has 1 unspecified atom stereocenters. The van der Waals surface area contributed by atoms with Gasteiger partial charge < -0.3 is 5.11 Å². The van der Waals surface area contributed by atoms with Crippen molar-refractivity contribution in [3.8, 4) is 11.5 Å². The van der Waals surface area contributed by atoms with Gasteiger partial charge in [0.2, 0.25) is 8.07 Å². The molecule has 0 aliphatic heterocycles. The lowest BCUT2D eigenvalue weighted by Gasteiger charge is -2.39. The summed E-state index contributed by atoms with van der Waals surface area (Å²) < 4.78 is 0. The smallest absolute Gasteiger partial charge is 0.204 e.